The minimum absolute atomic E-state index is 0.200. The molecular formula is C14H22N2O2S. The average Bonchev–Trinajstić information content (AvgIpc) is 2.81. The lowest BCUT2D eigenvalue weighted by atomic mass is 10.0. The highest BCUT2D eigenvalue weighted by Gasteiger charge is 2.04. The molecule has 1 aromatic carbocycles. The summed E-state index contributed by atoms with van der Waals surface area (Å²) in [7, 11) is 1.68. The number of aryl methyl sites for hydroxylation is 2. The zero-order chi connectivity index (χ0) is 14.3. The number of aliphatic hydroxyl groups is 1. The molecule has 3 N–H and O–H groups in total. The second-order valence-electron chi connectivity index (χ2n) is 4.42. The molecule has 0 spiro atoms. The molecule has 0 radical (unpaired) electrons. The van der Waals surface area contributed by atoms with Crippen molar-refractivity contribution >= 4 is 17.3 Å². The maximum Gasteiger partial charge on any atom is 0.166 e. The Morgan fingerprint density at radius 3 is 2.05 bits per heavy atom. The van der Waals surface area contributed by atoms with Gasteiger partial charge in [-0.25, -0.2) is 0 Å². The molecule has 0 aromatic heterocycles. The van der Waals surface area contributed by atoms with Crippen LogP contribution in [0.4, 0.5) is 0 Å². The molecule has 0 aliphatic carbocycles. The van der Waals surface area contributed by atoms with Crippen molar-refractivity contribution in [2.24, 2.45) is 0 Å². The van der Waals surface area contributed by atoms with Crippen LogP contribution in [0, 0.1) is 13.8 Å². The van der Waals surface area contributed by atoms with Crippen LogP contribution in [0.25, 0.3) is 0 Å². The minimum Gasteiger partial charge on any atom is -0.496 e. The quantitative estimate of drug-likeness (QED) is 0.730. The second kappa shape index (κ2) is 7.96. The fraction of sp³-hybridized carbons (Fsp3) is 0.500. The largest absolute Gasteiger partial charge is 0.496 e. The maximum atomic E-state index is 8.80. The zero-order valence-corrected chi connectivity index (χ0v) is 12.6. The van der Waals surface area contributed by atoms with Gasteiger partial charge in [0.25, 0.3) is 0 Å². The molecule has 0 unspecified atom stereocenters. The Morgan fingerprint density at radius 2 is 1.74 bits per heavy atom. The Balaban J connectivity index is 0.000000250. The van der Waals surface area contributed by atoms with Gasteiger partial charge in [0.05, 0.1) is 7.11 Å². The highest BCUT2D eigenvalue weighted by Crippen LogP contribution is 2.24. The van der Waals surface area contributed by atoms with E-state index in [-0.39, 0.29) is 6.61 Å². The maximum absolute atomic E-state index is 8.80. The van der Waals surface area contributed by atoms with Crippen molar-refractivity contribution < 1.29 is 9.84 Å². The van der Waals surface area contributed by atoms with Gasteiger partial charge in [0.2, 0.25) is 0 Å². The van der Waals surface area contributed by atoms with E-state index in [0.29, 0.717) is 6.42 Å². The number of aliphatic hydroxyl groups excluding tert-OH is 1. The Labute approximate surface area is 120 Å². The van der Waals surface area contributed by atoms with Crippen LogP contribution in [-0.4, -0.2) is 37.0 Å². The summed E-state index contributed by atoms with van der Waals surface area (Å²) in [6.07, 6.45) is 0.714. The molecule has 106 valence electrons. The molecule has 1 saturated heterocycles. The number of nitrogens with one attached hydrogen (secondary N) is 2. The van der Waals surface area contributed by atoms with Crippen molar-refractivity contribution in [1.29, 1.82) is 0 Å². The van der Waals surface area contributed by atoms with Gasteiger partial charge in [0.15, 0.2) is 5.11 Å². The van der Waals surface area contributed by atoms with E-state index in [2.05, 4.69) is 22.8 Å². The number of rotatable bonds is 3. The highest BCUT2D eigenvalue weighted by molar-refractivity contribution is 7.80. The molecule has 1 aromatic rings. The van der Waals surface area contributed by atoms with Crippen molar-refractivity contribution in [1.82, 2.24) is 10.6 Å². The zero-order valence-electron chi connectivity index (χ0n) is 11.7. The first-order valence-corrected chi connectivity index (χ1v) is 6.76. The van der Waals surface area contributed by atoms with Crippen molar-refractivity contribution in [3.05, 3.63) is 28.8 Å². The van der Waals surface area contributed by atoms with Gasteiger partial charge in [-0.05, 0) is 49.2 Å². The molecule has 1 aliphatic heterocycles. The number of benzene rings is 1. The first-order valence-electron chi connectivity index (χ1n) is 6.35. The van der Waals surface area contributed by atoms with Crippen LogP contribution in [-0.2, 0) is 6.42 Å². The molecule has 19 heavy (non-hydrogen) atoms. The van der Waals surface area contributed by atoms with Gasteiger partial charge in [-0.1, -0.05) is 12.1 Å². The molecule has 0 amide bonds. The summed E-state index contributed by atoms with van der Waals surface area (Å²) in [5.74, 6) is 0.946. The SMILES string of the molecule is COc1c(C)cc(CCO)cc1C.S=C1NCCN1. The first kappa shape index (κ1) is 15.7. The number of thiocarbonyl (C=S) groups is 1. The minimum atomic E-state index is 0.200. The molecule has 1 heterocycles. The molecular weight excluding hydrogens is 260 g/mol. The van der Waals surface area contributed by atoms with Gasteiger partial charge >= 0.3 is 0 Å². The second-order valence-corrected chi connectivity index (χ2v) is 4.83. The van der Waals surface area contributed by atoms with Gasteiger partial charge in [-0.3, -0.25) is 0 Å². The first-order chi connectivity index (χ1) is 9.08. The molecule has 4 nitrogen and oxygen atoms in total. The summed E-state index contributed by atoms with van der Waals surface area (Å²) in [6.45, 7) is 6.21. The molecule has 1 fully saturated rings. The van der Waals surface area contributed by atoms with E-state index >= 15 is 0 Å². The summed E-state index contributed by atoms with van der Waals surface area (Å²) in [5, 5.41) is 15.5. The third-order valence-electron chi connectivity index (χ3n) is 2.82. The lowest BCUT2D eigenvalue weighted by Crippen LogP contribution is -2.19. The van der Waals surface area contributed by atoms with Crippen molar-refractivity contribution in [2.45, 2.75) is 20.3 Å². The van der Waals surface area contributed by atoms with Crippen LogP contribution in [0.1, 0.15) is 16.7 Å². The standard InChI is InChI=1S/C11H16O2.C3H6N2S/c1-8-6-10(4-5-12)7-9(2)11(8)13-3;6-3-4-1-2-5-3/h6-7,12H,4-5H2,1-3H3;1-2H2,(H2,4,5,6). The third kappa shape index (κ3) is 5.04. The Hall–Kier alpha value is -1.33. The van der Waals surface area contributed by atoms with Gasteiger partial charge in [-0.2, -0.15) is 0 Å². The molecule has 1 aliphatic rings. The molecule has 0 atom stereocenters. The summed E-state index contributed by atoms with van der Waals surface area (Å²) in [4.78, 5) is 0. The Kier molecular flexibility index (Phi) is 6.59. The predicted octanol–water partition coefficient (Wildman–Crippen LogP) is 1.31. The van der Waals surface area contributed by atoms with E-state index in [1.807, 2.05) is 13.8 Å². The Morgan fingerprint density at radius 1 is 1.21 bits per heavy atom. The van der Waals surface area contributed by atoms with E-state index in [1.54, 1.807) is 7.11 Å². The van der Waals surface area contributed by atoms with Gasteiger partial charge in [-0.15, -0.1) is 0 Å². The molecule has 2 rings (SSSR count). The monoisotopic (exact) mass is 282 g/mol. The van der Waals surface area contributed by atoms with Crippen LogP contribution in [0.5, 0.6) is 5.75 Å². The fourth-order valence-electron chi connectivity index (χ4n) is 2.05. The predicted molar refractivity (Wildman–Crippen MR) is 81.9 cm³/mol. The summed E-state index contributed by atoms with van der Waals surface area (Å²) in [6, 6.07) is 4.12. The van der Waals surface area contributed by atoms with Crippen LogP contribution < -0.4 is 15.4 Å². The number of ether oxygens (including phenoxy) is 1. The lowest BCUT2D eigenvalue weighted by molar-refractivity contribution is 0.299. The summed E-state index contributed by atoms with van der Waals surface area (Å²) in [5.41, 5.74) is 3.43. The Bertz CT molecular complexity index is 404. The number of hydrogen-bond acceptors (Lipinski definition) is 3. The van der Waals surface area contributed by atoms with E-state index < -0.39 is 0 Å². The van der Waals surface area contributed by atoms with Crippen LogP contribution in [0.3, 0.4) is 0 Å². The summed E-state index contributed by atoms with van der Waals surface area (Å²) >= 11 is 4.70. The summed E-state index contributed by atoms with van der Waals surface area (Å²) < 4.78 is 5.25. The third-order valence-corrected chi connectivity index (χ3v) is 3.11. The van der Waals surface area contributed by atoms with Crippen LogP contribution in [0.15, 0.2) is 12.1 Å². The van der Waals surface area contributed by atoms with Crippen LogP contribution >= 0.6 is 12.2 Å². The molecule has 0 bridgehead atoms. The number of methoxy groups -OCH3 is 1. The molecule has 5 heteroatoms. The van der Waals surface area contributed by atoms with Crippen LogP contribution in [0.2, 0.25) is 0 Å². The topological polar surface area (TPSA) is 53.5 Å². The average molecular weight is 282 g/mol. The number of hydrogen-bond donors (Lipinski definition) is 3. The normalized spacial score (nSPS) is 13.2. The van der Waals surface area contributed by atoms with E-state index in [4.69, 9.17) is 22.1 Å². The van der Waals surface area contributed by atoms with E-state index in [0.717, 1.165) is 35.1 Å². The van der Waals surface area contributed by atoms with Gasteiger partial charge < -0.3 is 20.5 Å². The fourth-order valence-corrected chi connectivity index (χ4v) is 2.25. The van der Waals surface area contributed by atoms with Crippen molar-refractivity contribution in [3.63, 3.8) is 0 Å². The van der Waals surface area contributed by atoms with Crippen molar-refractivity contribution in [3.8, 4) is 5.75 Å². The highest BCUT2D eigenvalue weighted by atomic mass is 32.1. The van der Waals surface area contributed by atoms with Crippen molar-refractivity contribution in [2.75, 3.05) is 26.8 Å². The van der Waals surface area contributed by atoms with E-state index in [9.17, 15) is 0 Å². The van der Waals surface area contributed by atoms with Gasteiger partial charge in [0.1, 0.15) is 5.75 Å². The van der Waals surface area contributed by atoms with Gasteiger partial charge in [0, 0.05) is 19.7 Å². The van der Waals surface area contributed by atoms with E-state index in [1.165, 1.54) is 5.56 Å². The lowest BCUT2D eigenvalue weighted by Gasteiger charge is -2.10. The molecule has 0 saturated carbocycles. The smallest absolute Gasteiger partial charge is 0.166 e.